The first-order chi connectivity index (χ1) is 6.16. The number of Topliss-reactive ketones (excluding diaryl/α,β-unsaturated/α-hetero) is 1. The molecule has 1 aromatic rings. The van der Waals surface area contributed by atoms with E-state index in [4.69, 9.17) is 10.2 Å². The lowest BCUT2D eigenvalue weighted by molar-refractivity contribution is 0.0928. The maximum atomic E-state index is 11.6. The Morgan fingerprint density at radius 2 is 2.46 bits per heavy atom. The van der Waals surface area contributed by atoms with Crippen molar-refractivity contribution in [2.24, 2.45) is 5.73 Å². The van der Waals surface area contributed by atoms with E-state index < -0.39 is 6.04 Å². The summed E-state index contributed by atoms with van der Waals surface area (Å²) in [6, 6.07) is -0.461. The predicted octanol–water partition coefficient (Wildman–Crippen LogP) is 1.29. The summed E-state index contributed by atoms with van der Waals surface area (Å²) in [5.74, 6) is 0.137. The highest BCUT2D eigenvalue weighted by Gasteiger charge is 2.20. The molecule has 0 aliphatic heterocycles. The van der Waals surface area contributed by atoms with Crippen LogP contribution in [0.5, 0.6) is 0 Å². The topological polar surface area (TPSA) is 69.1 Å². The zero-order valence-electron chi connectivity index (χ0n) is 7.91. The monoisotopic (exact) mass is 182 g/mol. The minimum atomic E-state index is -0.461. The van der Waals surface area contributed by atoms with E-state index in [0.29, 0.717) is 17.9 Å². The molecule has 0 fully saturated rings. The van der Waals surface area contributed by atoms with Gasteiger partial charge in [-0.25, -0.2) is 4.98 Å². The quantitative estimate of drug-likeness (QED) is 0.712. The van der Waals surface area contributed by atoms with Crippen LogP contribution in [0.2, 0.25) is 0 Å². The van der Waals surface area contributed by atoms with Gasteiger partial charge in [0.15, 0.2) is 12.2 Å². The normalized spacial score (nSPS) is 12.8. The fraction of sp³-hybridized carbons (Fsp3) is 0.556. The van der Waals surface area contributed by atoms with E-state index in [1.165, 1.54) is 6.39 Å². The maximum Gasteiger partial charge on any atom is 0.216 e. The summed E-state index contributed by atoms with van der Waals surface area (Å²) < 4.78 is 4.95. The summed E-state index contributed by atoms with van der Waals surface area (Å²) in [6.45, 7) is 3.72. The van der Waals surface area contributed by atoms with Crippen molar-refractivity contribution in [3.05, 3.63) is 17.8 Å². The molecule has 4 heteroatoms. The maximum absolute atomic E-state index is 11.6. The number of aromatic nitrogens is 1. The summed E-state index contributed by atoms with van der Waals surface area (Å²) in [5, 5.41) is 0. The largest absolute Gasteiger partial charge is 0.440 e. The third-order valence-corrected chi connectivity index (χ3v) is 1.91. The second kappa shape index (κ2) is 4.18. The molecular weight excluding hydrogens is 168 g/mol. The van der Waals surface area contributed by atoms with Crippen LogP contribution in [-0.4, -0.2) is 16.8 Å². The molecular formula is C9H14N2O2. The third kappa shape index (κ3) is 2.15. The van der Waals surface area contributed by atoms with Gasteiger partial charge in [0, 0.05) is 0 Å². The number of carbonyl (C=O) groups excluding carboxylic acids is 1. The van der Waals surface area contributed by atoms with Crippen molar-refractivity contribution in [2.45, 2.75) is 32.7 Å². The Bertz CT molecular complexity index is 294. The van der Waals surface area contributed by atoms with Gasteiger partial charge < -0.3 is 10.2 Å². The van der Waals surface area contributed by atoms with Crippen LogP contribution in [0.1, 0.15) is 36.0 Å². The molecule has 1 aromatic heterocycles. The average Bonchev–Trinajstić information content (AvgIpc) is 2.50. The van der Waals surface area contributed by atoms with Crippen molar-refractivity contribution >= 4 is 5.78 Å². The first-order valence-corrected chi connectivity index (χ1v) is 4.36. The van der Waals surface area contributed by atoms with Crippen LogP contribution in [0.3, 0.4) is 0 Å². The lowest BCUT2D eigenvalue weighted by Gasteiger charge is -2.06. The average molecular weight is 182 g/mol. The Balaban J connectivity index is 2.73. The zero-order chi connectivity index (χ0) is 9.84. The molecule has 0 saturated carbocycles. The van der Waals surface area contributed by atoms with Crippen LogP contribution >= 0.6 is 0 Å². The molecule has 1 atom stereocenters. The minimum absolute atomic E-state index is 0.156. The number of aryl methyl sites for hydroxylation is 1. The number of hydrogen-bond donors (Lipinski definition) is 1. The Labute approximate surface area is 77.1 Å². The molecule has 1 rings (SSSR count). The van der Waals surface area contributed by atoms with Crippen LogP contribution in [0.15, 0.2) is 10.8 Å². The van der Waals surface area contributed by atoms with E-state index >= 15 is 0 Å². The number of carbonyl (C=O) groups is 1. The summed E-state index contributed by atoms with van der Waals surface area (Å²) in [7, 11) is 0. The molecule has 72 valence electrons. The van der Waals surface area contributed by atoms with Crippen molar-refractivity contribution in [3.8, 4) is 0 Å². The van der Waals surface area contributed by atoms with Crippen LogP contribution in [0.4, 0.5) is 0 Å². The molecule has 0 bridgehead atoms. The number of hydrogen-bond acceptors (Lipinski definition) is 4. The summed E-state index contributed by atoms with van der Waals surface area (Å²) in [5.41, 5.74) is 6.26. The summed E-state index contributed by atoms with van der Waals surface area (Å²) >= 11 is 0. The van der Waals surface area contributed by atoms with Crippen LogP contribution < -0.4 is 5.73 Å². The summed E-state index contributed by atoms with van der Waals surface area (Å²) in [4.78, 5) is 15.4. The minimum Gasteiger partial charge on any atom is -0.440 e. The van der Waals surface area contributed by atoms with Crippen molar-refractivity contribution in [2.75, 3.05) is 0 Å². The summed E-state index contributed by atoms with van der Waals surface area (Å²) in [6.07, 6.45) is 2.83. The lowest BCUT2D eigenvalue weighted by atomic mass is 10.1. The molecule has 0 aromatic carbocycles. The van der Waals surface area contributed by atoms with Gasteiger partial charge in [0.1, 0.15) is 0 Å². The van der Waals surface area contributed by atoms with Gasteiger partial charge in [0.25, 0.3) is 0 Å². The van der Waals surface area contributed by atoms with E-state index in [0.717, 1.165) is 6.42 Å². The fourth-order valence-corrected chi connectivity index (χ4v) is 1.15. The molecule has 4 nitrogen and oxygen atoms in total. The highest BCUT2D eigenvalue weighted by Crippen LogP contribution is 2.09. The Morgan fingerprint density at radius 1 is 1.77 bits per heavy atom. The van der Waals surface area contributed by atoms with Gasteiger partial charge in [-0.15, -0.1) is 0 Å². The van der Waals surface area contributed by atoms with E-state index in [9.17, 15) is 4.79 Å². The van der Waals surface area contributed by atoms with Crippen LogP contribution in [0.25, 0.3) is 0 Å². The second-order valence-electron chi connectivity index (χ2n) is 3.03. The van der Waals surface area contributed by atoms with Gasteiger partial charge in [-0.2, -0.15) is 0 Å². The molecule has 0 amide bonds. The molecule has 0 saturated heterocycles. The van der Waals surface area contributed by atoms with Crippen molar-refractivity contribution in [3.63, 3.8) is 0 Å². The third-order valence-electron chi connectivity index (χ3n) is 1.91. The number of oxazole rings is 1. The van der Waals surface area contributed by atoms with E-state index in [1.54, 1.807) is 6.92 Å². The molecule has 1 heterocycles. The number of rotatable bonds is 4. The molecule has 0 spiro atoms. The SMILES string of the molecule is CCCC(N)C(=O)c1ocnc1C. The molecule has 1 unspecified atom stereocenters. The molecule has 0 aliphatic rings. The van der Waals surface area contributed by atoms with Crippen molar-refractivity contribution < 1.29 is 9.21 Å². The Kier molecular flexibility index (Phi) is 3.19. The first kappa shape index (κ1) is 9.92. The van der Waals surface area contributed by atoms with Gasteiger partial charge in [0.05, 0.1) is 11.7 Å². The van der Waals surface area contributed by atoms with E-state index in [1.807, 2.05) is 6.92 Å². The predicted molar refractivity (Wildman–Crippen MR) is 48.5 cm³/mol. The van der Waals surface area contributed by atoms with Gasteiger partial charge in [-0.05, 0) is 13.3 Å². The first-order valence-electron chi connectivity index (χ1n) is 4.36. The molecule has 2 N–H and O–H groups in total. The van der Waals surface area contributed by atoms with E-state index in [2.05, 4.69) is 4.98 Å². The highest BCUT2D eigenvalue weighted by molar-refractivity contribution is 5.98. The highest BCUT2D eigenvalue weighted by atomic mass is 16.3. The number of ketones is 1. The van der Waals surface area contributed by atoms with Crippen LogP contribution in [0, 0.1) is 6.92 Å². The Morgan fingerprint density at radius 3 is 2.92 bits per heavy atom. The standard InChI is InChI=1S/C9H14N2O2/c1-3-4-7(10)8(12)9-6(2)11-5-13-9/h5,7H,3-4,10H2,1-2H3. The molecule has 13 heavy (non-hydrogen) atoms. The second-order valence-corrected chi connectivity index (χ2v) is 3.03. The fourth-order valence-electron chi connectivity index (χ4n) is 1.15. The number of nitrogens with zero attached hydrogens (tertiary/aromatic N) is 1. The molecule has 0 aliphatic carbocycles. The smallest absolute Gasteiger partial charge is 0.216 e. The molecule has 0 radical (unpaired) electrons. The lowest BCUT2D eigenvalue weighted by Crippen LogP contribution is -2.30. The zero-order valence-corrected chi connectivity index (χ0v) is 7.91. The van der Waals surface area contributed by atoms with Gasteiger partial charge in [-0.1, -0.05) is 13.3 Å². The van der Waals surface area contributed by atoms with Crippen LogP contribution in [-0.2, 0) is 0 Å². The van der Waals surface area contributed by atoms with Gasteiger partial charge in [0.2, 0.25) is 5.78 Å². The van der Waals surface area contributed by atoms with Crippen molar-refractivity contribution in [1.29, 1.82) is 0 Å². The van der Waals surface area contributed by atoms with Gasteiger partial charge in [-0.3, -0.25) is 4.79 Å². The van der Waals surface area contributed by atoms with E-state index in [-0.39, 0.29) is 5.78 Å². The van der Waals surface area contributed by atoms with Gasteiger partial charge >= 0.3 is 0 Å². The number of nitrogens with two attached hydrogens (primary N) is 1. The Hall–Kier alpha value is -1.16. The van der Waals surface area contributed by atoms with Crippen molar-refractivity contribution in [1.82, 2.24) is 4.98 Å².